The highest BCUT2D eigenvalue weighted by atomic mass is 16.5. The average molecular weight is 272 g/mol. The molecule has 1 heterocycles. The van der Waals surface area contributed by atoms with E-state index in [2.05, 4.69) is 9.47 Å². The van der Waals surface area contributed by atoms with Crippen LogP contribution in [0.25, 0.3) is 0 Å². The molecular formula is C12H18NO6+. The van der Waals surface area contributed by atoms with Crippen LogP contribution in [0.1, 0.15) is 20.8 Å². The molecule has 0 atom stereocenters. The molecule has 7 heteroatoms. The van der Waals surface area contributed by atoms with Gasteiger partial charge in [0, 0.05) is 13.8 Å². The summed E-state index contributed by atoms with van der Waals surface area (Å²) in [6, 6.07) is 0. The fourth-order valence-electron chi connectivity index (χ4n) is 1.88. The number of methoxy groups -OCH3 is 2. The van der Waals surface area contributed by atoms with E-state index in [0.717, 1.165) is 14.2 Å². The Morgan fingerprint density at radius 3 is 2.16 bits per heavy atom. The monoisotopic (exact) mass is 272 g/mol. The fourth-order valence-corrected chi connectivity index (χ4v) is 1.88. The Kier molecular flexibility index (Phi) is 4.18. The van der Waals surface area contributed by atoms with Gasteiger partial charge in [0.2, 0.25) is 5.54 Å². The van der Waals surface area contributed by atoms with Crippen LogP contribution in [0.2, 0.25) is 0 Å². The maximum atomic E-state index is 11.8. The number of aliphatic hydroxyl groups is 1. The van der Waals surface area contributed by atoms with Crippen LogP contribution in [0.5, 0.6) is 0 Å². The van der Waals surface area contributed by atoms with Crippen molar-refractivity contribution in [1.82, 2.24) is 0 Å². The van der Waals surface area contributed by atoms with Crippen molar-refractivity contribution in [2.24, 2.45) is 0 Å². The predicted octanol–water partition coefficient (Wildman–Crippen LogP) is 0.342. The highest BCUT2D eigenvalue weighted by Crippen LogP contribution is 2.24. The molecule has 0 spiro atoms. The molecule has 0 saturated carbocycles. The van der Waals surface area contributed by atoms with Crippen molar-refractivity contribution in [2.45, 2.75) is 26.3 Å². The minimum absolute atomic E-state index is 0.297. The number of aliphatic hydroxyl groups excluding tert-OH is 1. The normalized spacial score (nSPS) is 18.6. The summed E-state index contributed by atoms with van der Waals surface area (Å²) in [7, 11) is 2.27. The first-order valence-electron chi connectivity index (χ1n) is 5.62. The fraction of sp³-hybridized carbons (Fsp3) is 0.583. The van der Waals surface area contributed by atoms with Crippen LogP contribution in [0.15, 0.2) is 11.5 Å². The number of ether oxygens (including phenoxy) is 3. The lowest BCUT2D eigenvalue weighted by atomic mass is 10.1. The molecule has 0 saturated heterocycles. The molecule has 1 N–H and O–H groups in total. The summed E-state index contributed by atoms with van der Waals surface area (Å²) in [5, 5.41) is 9.88. The number of rotatable bonds is 3. The summed E-state index contributed by atoms with van der Waals surface area (Å²) >= 11 is 0. The van der Waals surface area contributed by atoms with E-state index >= 15 is 0 Å². The van der Waals surface area contributed by atoms with Gasteiger partial charge < -0.3 is 19.3 Å². The van der Waals surface area contributed by atoms with Crippen LogP contribution in [0, 0.1) is 0 Å². The van der Waals surface area contributed by atoms with Gasteiger partial charge >= 0.3 is 23.5 Å². The first kappa shape index (κ1) is 15.0. The van der Waals surface area contributed by atoms with E-state index in [1.54, 1.807) is 20.8 Å². The summed E-state index contributed by atoms with van der Waals surface area (Å²) in [6.45, 7) is 5.55. The molecule has 0 bridgehead atoms. The number of hydrogen-bond donors (Lipinski definition) is 1. The number of esters is 2. The first-order chi connectivity index (χ1) is 8.76. The van der Waals surface area contributed by atoms with Gasteiger partial charge in [-0.15, -0.1) is 4.58 Å². The molecule has 0 aromatic carbocycles. The third kappa shape index (κ3) is 2.69. The second kappa shape index (κ2) is 5.29. The Bertz CT molecular complexity index is 475. The van der Waals surface area contributed by atoms with E-state index < -0.39 is 23.2 Å². The maximum absolute atomic E-state index is 11.8. The molecule has 0 amide bonds. The summed E-state index contributed by atoms with van der Waals surface area (Å²) in [5.41, 5.74) is -0.898. The SMILES string of the molecule is COC(=O)/C(O)=C(/C(=O)OC)[N+]1=C(C)OCC1(C)C. The summed E-state index contributed by atoms with van der Waals surface area (Å²) in [5.74, 6) is -2.29. The van der Waals surface area contributed by atoms with Crippen LogP contribution in [0.4, 0.5) is 0 Å². The third-order valence-corrected chi connectivity index (χ3v) is 2.76. The molecule has 0 unspecified atom stereocenters. The van der Waals surface area contributed by atoms with E-state index in [0.29, 0.717) is 12.5 Å². The van der Waals surface area contributed by atoms with Crippen molar-refractivity contribution in [2.75, 3.05) is 20.8 Å². The molecule has 1 aliphatic rings. The molecule has 7 nitrogen and oxygen atoms in total. The molecular weight excluding hydrogens is 254 g/mol. The van der Waals surface area contributed by atoms with Gasteiger partial charge in [0.1, 0.15) is 0 Å². The van der Waals surface area contributed by atoms with E-state index in [1.807, 2.05) is 0 Å². The van der Waals surface area contributed by atoms with Crippen molar-refractivity contribution >= 4 is 17.8 Å². The van der Waals surface area contributed by atoms with Gasteiger partial charge in [0.05, 0.1) is 21.1 Å². The quantitative estimate of drug-likeness (QED) is 0.345. The standard InChI is InChI=1S/C12H17NO6/c1-7-13(12(2,3)6-19-7)8(10(15)17-4)9(14)11(16)18-5/h6H2,1-5H3/p+1. The largest absolute Gasteiger partial charge is 0.497 e. The molecule has 19 heavy (non-hydrogen) atoms. The lowest BCUT2D eigenvalue weighted by Gasteiger charge is -2.15. The van der Waals surface area contributed by atoms with Gasteiger partial charge in [-0.1, -0.05) is 0 Å². The van der Waals surface area contributed by atoms with Crippen LogP contribution >= 0.6 is 0 Å². The summed E-state index contributed by atoms with van der Waals surface area (Å²) < 4.78 is 15.8. The topological polar surface area (TPSA) is 85.1 Å². The smallest absolute Gasteiger partial charge is 0.407 e. The molecule has 0 aromatic rings. The Labute approximate surface area is 111 Å². The highest BCUT2D eigenvalue weighted by Gasteiger charge is 2.48. The number of hydrogen-bond acceptors (Lipinski definition) is 6. The summed E-state index contributed by atoms with van der Waals surface area (Å²) in [4.78, 5) is 23.3. The molecule has 0 radical (unpaired) electrons. The van der Waals surface area contributed by atoms with Crippen molar-refractivity contribution < 1.29 is 33.5 Å². The van der Waals surface area contributed by atoms with Gasteiger partial charge in [-0.05, 0) is 0 Å². The lowest BCUT2D eigenvalue weighted by Crippen LogP contribution is -2.39. The molecule has 0 aromatic heterocycles. The molecule has 0 fully saturated rings. The van der Waals surface area contributed by atoms with Gasteiger partial charge in [-0.25, -0.2) is 9.59 Å². The molecule has 1 aliphatic heterocycles. The Morgan fingerprint density at radius 2 is 1.79 bits per heavy atom. The van der Waals surface area contributed by atoms with Crippen LogP contribution in [0.3, 0.4) is 0 Å². The molecule has 106 valence electrons. The minimum atomic E-state index is -1.02. The van der Waals surface area contributed by atoms with E-state index in [-0.39, 0.29) is 5.70 Å². The van der Waals surface area contributed by atoms with E-state index in [1.165, 1.54) is 4.58 Å². The second-order valence-corrected chi connectivity index (χ2v) is 4.64. The second-order valence-electron chi connectivity index (χ2n) is 4.64. The number of nitrogens with zero attached hydrogens (tertiary/aromatic N) is 1. The Morgan fingerprint density at radius 1 is 1.26 bits per heavy atom. The van der Waals surface area contributed by atoms with Crippen LogP contribution in [-0.2, 0) is 23.8 Å². The number of carbonyl (C=O) groups excluding carboxylic acids is 2. The van der Waals surface area contributed by atoms with Crippen LogP contribution in [-0.4, -0.2) is 53.9 Å². The zero-order valence-electron chi connectivity index (χ0n) is 11.6. The van der Waals surface area contributed by atoms with Gasteiger partial charge in [0.25, 0.3) is 5.76 Å². The van der Waals surface area contributed by atoms with Crippen molar-refractivity contribution in [3.8, 4) is 0 Å². The van der Waals surface area contributed by atoms with Crippen molar-refractivity contribution in [1.29, 1.82) is 0 Å². The third-order valence-electron chi connectivity index (χ3n) is 2.76. The van der Waals surface area contributed by atoms with Gasteiger partial charge in [-0.2, -0.15) is 0 Å². The predicted molar refractivity (Wildman–Crippen MR) is 64.7 cm³/mol. The lowest BCUT2D eigenvalue weighted by molar-refractivity contribution is -0.542. The first-order valence-corrected chi connectivity index (χ1v) is 5.62. The van der Waals surface area contributed by atoms with Gasteiger partial charge in [-0.3, -0.25) is 0 Å². The average Bonchev–Trinajstić information content (AvgIpc) is 2.64. The zero-order chi connectivity index (χ0) is 14.8. The Balaban J connectivity index is 3.47. The highest BCUT2D eigenvalue weighted by molar-refractivity contribution is 5.97. The summed E-state index contributed by atoms with van der Waals surface area (Å²) in [6.07, 6.45) is 0. The number of carbonyl (C=O) groups is 2. The zero-order valence-corrected chi connectivity index (χ0v) is 11.6. The van der Waals surface area contributed by atoms with E-state index in [4.69, 9.17) is 4.74 Å². The molecule has 1 rings (SSSR count). The van der Waals surface area contributed by atoms with E-state index in [9.17, 15) is 14.7 Å². The van der Waals surface area contributed by atoms with Gasteiger partial charge in [0.15, 0.2) is 6.61 Å². The van der Waals surface area contributed by atoms with Crippen molar-refractivity contribution in [3.05, 3.63) is 11.5 Å². The minimum Gasteiger partial charge on any atom is -0.497 e. The maximum Gasteiger partial charge on any atom is 0.407 e. The Hall–Kier alpha value is -2.05. The van der Waals surface area contributed by atoms with Crippen LogP contribution < -0.4 is 0 Å². The molecule has 0 aliphatic carbocycles. The van der Waals surface area contributed by atoms with Crippen molar-refractivity contribution in [3.63, 3.8) is 0 Å².